The Hall–Kier alpha value is -2.36. The molecule has 2 aromatic rings. The number of rotatable bonds is 6. The van der Waals surface area contributed by atoms with Crippen LogP contribution in [0, 0.1) is 0 Å². The first-order valence-electron chi connectivity index (χ1n) is 6.67. The molecule has 2 rings (SSSR count). The van der Waals surface area contributed by atoms with Gasteiger partial charge in [0, 0.05) is 37.1 Å². The number of benzene rings is 2. The summed E-state index contributed by atoms with van der Waals surface area (Å²) in [6.07, 6.45) is 0. The molecule has 4 heteroatoms. The van der Waals surface area contributed by atoms with Gasteiger partial charge in [0.05, 0.1) is 0 Å². The molecule has 2 N–H and O–H groups in total. The number of anilines is 2. The van der Waals surface area contributed by atoms with Crippen molar-refractivity contribution in [3.63, 3.8) is 0 Å². The molecule has 0 aliphatic rings. The molecule has 0 bridgehead atoms. The number of hydrogen-bond donors (Lipinski definition) is 2. The topological polar surface area (TPSA) is 44.7 Å². The molecule has 0 aromatic heterocycles. The number of hydrogen-bond acceptors (Lipinski definition) is 4. The summed E-state index contributed by atoms with van der Waals surface area (Å²) in [6, 6.07) is 15.0. The number of nitrogens with zero attached hydrogens (tertiary/aromatic N) is 1. The summed E-state index contributed by atoms with van der Waals surface area (Å²) in [7, 11) is 1.88. The van der Waals surface area contributed by atoms with Crippen LogP contribution in [-0.4, -0.2) is 25.4 Å². The van der Waals surface area contributed by atoms with Crippen LogP contribution >= 0.6 is 0 Å². The van der Waals surface area contributed by atoms with E-state index in [2.05, 4.69) is 12.2 Å². The molecule has 0 heterocycles. The summed E-state index contributed by atoms with van der Waals surface area (Å²) in [5, 5.41) is 12.6. The van der Waals surface area contributed by atoms with Crippen molar-refractivity contribution in [1.82, 2.24) is 0 Å². The fourth-order valence-corrected chi connectivity index (χ4v) is 1.93. The summed E-state index contributed by atoms with van der Waals surface area (Å²) in [5.74, 6) is 1.08. The van der Waals surface area contributed by atoms with Crippen LogP contribution in [0.15, 0.2) is 48.5 Å². The molecule has 0 atom stereocenters. The van der Waals surface area contributed by atoms with Gasteiger partial charge in [-0.15, -0.1) is 0 Å². The third-order valence-corrected chi connectivity index (χ3v) is 3.09. The Morgan fingerprint density at radius 2 is 1.95 bits per heavy atom. The fourth-order valence-electron chi connectivity index (χ4n) is 1.93. The first-order valence-corrected chi connectivity index (χ1v) is 6.67. The zero-order valence-corrected chi connectivity index (χ0v) is 11.8. The van der Waals surface area contributed by atoms with Crippen molar-refractivity contribution in [1.29, 1.82) is 0 Å². The van der Waals surface area contributed by atoms with Crippen LogP contribution in [0.3, 0.4) is 0 Å². The van der Waals surface area contributed by atoms with Crippen LogP contribution in [-0.2, 0) is 0 Å². The molecule has 0 fully saturated rings. The number of phenolic OH excluding ortho intramolecular Hbond substituents is 1. The van der Waals surface area contributed by atoms with Gasteiger partial charge in [0.15, 0.2) is 6.73 Å². The summed E-state index contributed by atoms with van der Waals surface area (Å²) in [6.45, 7) is 3.29. The maximum atomic E-state index is 9.54. The minimum Gasteiger partial charge on any atom is -0.508 e. The summed E-state index contributed by atoms with van der Waals surface area (Å²) in [5.41, 5.74) is 1.96. The van der Waals surface area contributed by atoms with Crippen molar-refractivity contribution in [2.75, 3.05) is 30.5 Å². The molecule has 0 aliphatic carbocycles. The average molecular weight is 272 g/mol. The van der Waals surface area contributed by atoms with Crippen LogP contribution < -0.4 is 15.0 Å². The molecule has 0 saturated heterocycles. The molecule has 4 nitrogen and oxygen atoms in total. The van der Waals surface area contributed by atoms with E-state index >= 15 is 0 Å². The summed E-state index contributed by atoms with van der Waals surface area (Å²) in [4.78, 5) is 2.05. The number of phenols is 1. The first kappa shape index (κ1) is 14.1. The molecule has 0 saturated carbocycles. The first-order chi connectivity index (χ1) is 9.72. The van der Waals surface area contributed by atoms with E-state index in [-0.39, 0.29) is 5.75 Å². The van der Waals surface area contributed by atoms with Gasteiger partial charge in [-0.25, -0.2) is 0 Å². The van der Waals surface area contributed by atoms with E-state index in [0.29, 0.717) is 6.73 Å². The van der Waals surface area contributed by atoms with Crippen LogP contribution in [0.1, 0.15) is 6.92 Å². The van der Waals surface area contributed by atoms with Gasteiger partial charge in [0.1, 0.15) is 11.5 Å². The molecular formula is C16H20N2O2. The third kappa shape index (κ3) is 3.57. The molecule has 2 aromatic carbocycles. The van der Waals surface area contributed by atoms with E-state index in [1.54, 1.807) is 12.1 Å². The van der Waals surface area contributed by atoms with Gasteiger partial charge in [-0.2, -0.15) is 0 Å². The lowest BCUT2D eigenvalue weighted by Gasteiger charge is -2.23. The maximum Gasteiger partial charge on any atom is 0.161 e. The Kier molecular flexibility index (Phi) is 4.71. The third-order valence-electron chi connectivity index (χ3n) is 3.09. The van der Waals surface area contributed by atoms with E-state index in [4.69, 9.17) is 4.74 Å². The van der Waals surface area contributed by atoms with E-state index in [1.807, 2.05) is 48.3 Å². The second-order valence-corrected chi connectivity index (χ2v) is 4.43. The van der Waals surface area contributed by atoms with Crippen molar-refractivity contribution in [2.24, 2.45) is 0 Å². The van der Waals surface area contributed by atoms with Gasteiger partial charge < -0.3 is 20.1 Å². The SMILES string of the molecule is CCN(COc1cccc(NC)c1)c1cccc(O)c1. The van der Waals surface area contributed by atoms with Gasteiger partial charge in [-0.3, -0.25) is 0 Å². The normalized spacial score (nSPS) is 10.1. The van der Waals surface area contributed by atoms with Crippen molar-refractivity contribution in [3.8, 4) is 11.5 Å². The van der Waals surface area contributed by atoms with E-state index in [9.17, 15) is 5.11 Å². The predicted octanol–water partition coefficient (Wildman–Crippen LogP) is 3.30. The van der Waals surface area contributed by atoms with Crippen molar-refractivity contribution < 1.29 is 9.84 Å². The van der Waals surface area contributed by atoms with Gasteiger partial charge >= 0.3 is 0 Å². The van der Waals surface area contributed by atoms with Crippen molar-refractivity contribution in [3.05, 3.63) is 48.5 Å². The number of ether oxygens (including phenoxy) is 1. The van der Waals surface area contributed by atoms with Crippen LogP contribution in [0.4, 0.5) is 11.4 Å². The molecule has 0 amide bonds. The zero-order valence-electron chi connectivity index (χ0n) is 11.8. The van der Waals surface area contributed by atoms with Crippen molar-refractivity contribution >= 4 is 11.4 Å². The zero-order chi connectivity index (χ0) is 14.4. The minimum absolute atomic E-state index is 0.262. The highest BCUT2D eigenvalue weighted by Crippen LogP contribution is 2.21. The summed E-state index contributed by atoms with van der Waals surface area (Å²) >= 11 is 0. The lowest BCUT2D eigenvalue weighted by Crippen LogP contribution is -2.27. The Balaban J connectivity index is 2.03. The van der Waals surface area contributed by atoms with E-state index in [1.165, 1.54) is 0 Å². The molecule has 0 aliphatic heterocycles. The highest BCUT2D eigenvalue weighted by Gasteiger charge is 2.06. The lowest BCUT2D eigenvalue weighted by molar-refractivity contribution is 0.315. The van der Waals surface area contributed by atoms with Crippen LogP contribution in [0.5, 0.6) is 11.5 Å². The Morgan fingerprint density at radius 3 is 2.65 bits per heavy atom. The quantitative estimate of drug-likeness (QED) is 0.792. The van der Waals surface area contributed by atoms with E-state index < -0.39 is 0 Å². The molecule has 20 heavy (non-hydrogen) atoms. The lowest BCUT2D eigenvalue weighted by atomic mass is 10.3. The molecule has 0 unspecified atom stereocenters. The van der Waals surface area contributed by atoms with Crippen molar-refractivity contribution in [2.45, 2.75) is 6.92 Å². The second-order valence-electron chi connectivity index (χ2n) is 4.43. The highest BCUT2D eigenvalue weighted by atomic mass is 16.5. The van der Waals surface area contributed by atoms with Gasteiger partial charge in [-0.1, -0.05) is 12.1 Å². The van der Waals surface area contributed by atoms with Crippen LogP contribution in [0.2, 0.25) is 0 Å². The van der Waals surface area contributed by atoms with Gasteiger partial charge in [-0.05, 0) is 31.2 Å². The smallest absolute Gasteiger partial charge is 0.161 e. The van der Waals surface area contributed by atoms with Crippen LogP contribution in [0.25, 0.3) is 0 Å². The molecule has 0 radical (unpaired) electrons. The predicted molar refractivity (Wildman–Crippen MR) is 82.6 cm³/mol. The number of nitrogens with one attached hydrogen (secondary N) is 1. The molecule has 106 valence electrons. The summed E-state index contributed by atoms with van der Waals surface area (Å²) < 4.78 is 5.80. The largest absolute Gasteiger partial charge is 0.508 e. The standard InChI is InChI=1S/C16H20N2O2/c1-3-18(14-7-5-8-15(19)11-14)12-20-16-9-4-6-13(10-16)17-2/h4-11,17,19H,3,12H2,1-2H3. The Labute approximate surface area is 119 Å². The van der Waals surface area contributed by atoms with E-state index in [0.717, 1.165) is 23.7 Å². The highest BCUT2D eigenvalue weighted by molar-refractivity contribution is 5.50. The molecular weight excluding hydrogens is 252 g/mol. The van der Waals surface area contributed by atoms with Gasteiger partial charge in [0.2, 0.25) is 0 Å². The minimum atomic E-state index is 0.262. The molecule has 0 spiro atoms. The van der Waals surface area contributed by atoms with Gasteiger partial charge in [0.25, 0.3) is 0 Å². The monoisotopic (exact) mass is 272 g/mol. The fraction of sp³-hybridized carbons (Fsp3) is 0.250. The maximum absolute atomic E-state index is 9.54. The Bertz CT molecular complexity index is 558. The number of aromatic hydroxyl groups is 1. The Morgan fingerprint density at radius 1 is 1.15 bits per heavy atom. The average Bonchev–Trinajstić information content (AvgIpc) is 2.48. The second kappa shape index (κ2) is 6.70.